The van der Waals surface area contributed by atoms with Crippen LogP contribution in [-0.4, -0.2) is 11.7 Å². The summed E-state index contributed by atoms with van der Waals surface area (Å²) in [6, 6.07) is -0.579. The van der Waals surface area contributed by atoms with Gasteiger partial charge in [0.05, 0.1) is 0 Å². The fourth-order valence-corrected chi connectivity index (χ4v) is 2.66. The first-order valence-electron chi connectivity index (χ1n) is 4.80. The van der Waals surface area contributed by atoms with E-state index in [4.69, 9.17) is 5.73 Å². The first kappa shape index (κ1) is 8.53. The molecule has 0 saturated heterocycles. The van der Waals surface area contributed by atoms with E-state index in [1.54, 1.807) is 0 Å². The second kappa shape index (κ2) is 3.01. The molecule has 2 unspecified atom stereocenters. The normalized spacial score (nSPS) is 37.0. The Morgan fingerprint density at radius 1 is 1.46 bits per heavy atom. The fourth-order valence-electron chi connectivity index (χ4n) is 2.66. The van der Waals surface area contributed by atoms with Crippen LogP contribution in [-0.2, 0) is 0 Å². The number of carbonyl (C=O) groups is 1. The van der Waals surface area contributed by atoms with Crippen LogP contribution in [0.4, 0.5) is 4.79 Å². The first-order chi connectivity index (χ1) is 6.20. The summed E-state index contributed by atoms with van der Waals surface area (Å²) in [5, 5.41) is 3.96. The zero-order chi connectivity index (χ0) is 9.42. The number of urea groups is 1. The number of primary amides is 1. The van der Waals surface area contributed by atoms with E-state index in [-0.39, 0.29) is 0 Å². The molecule has 2 atom stereocenters. The second-order valence-electron chi connectivity index (χ2n) is 4.01. The highest BCUT2D eigenvalue weighted by Gasteiger charge is 2.53. The zero-order valence-electron chi connectivity index (χ0n) is 7.79. The first-order valence-corrected chi connectivity index (χ1v) is 4.80. The number of nitrogens with zero attached hydrogens (tertiary/aromatic N) is 1. The molecule has 72 valence electrons. The molecule has 0 aromatic carbocycles. The van der Waals surface area contributed by atoms with Crippen molar-refractivity contribution >= 4 is 11.7 Å². The molecule has 2 fully saturated rings. The molecule has 0 radical (unpaired) electrons. The van der Waals surface area contributed by atoms with E-state index >= 15 is 0 Å². The molecule has 0 spiro atoms. The van der Waals surface area contributed by atoms with E-state index in [0.717, 1.165) is 17.5 Å². The second-order valence-corrected chi connectivity index (χ2v) is 4.01. The molecule has 2 saturated carbocycles. The van der Waals surface area contributed by atoms with Crippen molar-refractivity contribution in [3.63, 3.8) is 0 Å². The van der Waals surface area contributed by atoms with E-state index in [0.29, 0.717) is 5.92 Å². The van der Waals surface area contributed by atoms with Crippen molar-refractivity contribution in [1.82, 2.24) is 5.43 Å². The summed E-state index contributed by atoms with van der Waals surface area (Å²) in [6.45, 7) is 1.97. The number of carbonyl (C=O) groups excluding carboxylic acids is 1. The zero-order valence-corrected chi connectivity index (χ0v) is 7.79. The molecule has 0 heterocycles. The smallest absolute Gasteiger partial charge is 0.332 e. The molecular weight excluding hydrogens is 166 g/mol. The van der Waals surface area contributed by atoms with E-state index in [1.165, 1.54) is 19.3 Å². The molecule has 2 aliphatic rings. The standard InChI is InChI=1S/C9H15N3O/c1-5(11-12-9(10)13)8-6-3-2-4-7(6)8/h6-8H,2-4H2,1H3,(H3,10,12,13)/b11-5+. The van der Waals surface area contributed by atoms with Crippen LogP contribution in [0.15, 0.2) is 5.10 Å². The third-order valence-electron chi connectivity index (χ3n) is 3.23. The van der Waals surface area contributed by atoms with Gasteiger partial charge in [0, 0.05) is 11.6 Å². The quantitative estimate of drug-likeness (QED) is 0.485. The molecular formula is C9H15N3O. The van der Waals surface area contributed by atoms with Crippen molar-refractivity contribution < 1.29 is 4.79 Å². The number of hydrogen-bond acceptors (Lipinski definition) is 2. The average Bonchev–Trinajstić information content (AvgIpc) is 2.56. The molecule has 3 N–H and O–H groups in total. The Bertz CT molecular complexity index is 252. The van der Waals surface area contributed by atoms with Crippen molar-refractivity contribution in [2.75, 3.05) is 0 Å². The van der Waals surface area contributed by atoms with Gasteiger partial charge in [0.25, 0.3) is 0 Å². The monoisotopic (exact) mass is 181 g/mol. The van der Waals surface area contributed by atoms with Crippen molar-refractivity contribution in [3.05, 3.63) is 0 Å². The number of amides is 2. The number of nitrogens with one attached hydrogen (secondary N) is 1. The molecule has 2 rings (SSSR count). The molecule has 13 heavy (non-hydrogen) atoms. The number of fused-ring (bicyclic) bond motifs is 1. The number of rotatable bonds is 2. The Balaban J connectivity index is 1.88. The molecule has 4 nitrogen and oxygen atoms in total. The number of hydrogen-bond donors (Lipinski definition) is 2. The molecule has 4 heteroatoms. The average molecular weight is 181 g/mol. The van der Waals surface area contributed by atoms with Gasteiger partial charge in [-0.3, -0.25) is 0 Å². The Labute approximate surface area is 77.6 Å². The SMILES string of the molecule is C/C(=N\NC(N)=O)C1C2CCCC21. The van der Waals surface area contributed by atoms with Gasteiger partial charge >= 0.3 is 6.03 Å². The summed E-state index contributed by atoms with van der Waals surface area (Å²) in [4.78, 5) is 10.4. The predicted molar refractivity (Wildman–Crippen MR) is 50.1 cm³/mol. The van der Waals surface area contributed by atoms with Gasteiger partial charge in [-0.05, 0) is 31.6 Å². The summed E-state index contributed by atoms with van der Waals surface area (Å²) in [7, 11) is 0. The summed E-state index contributed by atoms with van der Waals surface area (Å²) >= 11 is 0. The Morgan fingerprint density at radius 2 is 2.08 bits per heavy atom. The van der Waals surface area contributed by atoms with Gasteiger partial charge in [-0.25, -0.2) is 10.2 Å². The third kappa shape index (κ3) is 1.53. The van der Waals surface area contributed by atoms with Gasteiger partial charge in [-0.1, -0.05) is 6.42 Å². The Morgan fingerprint density at radius 3 is 2.62 bits per heavy atom. The molecule has 2 amide bonds. The van der Waals surface area contributed by atoms with Crippen LogP contribution in [0.2, 0.25) is 0 Å². The van der Waals surface area contributed by atoms with Gasteiger partial charge in [-0.2, -0.15) is 5.10 Å². The fraction of sp³-hybridized carbons (Fsp3) is 0.778. The lowest BCUT2D eigenvalue weighted by molar-refractivity contribution is 0.249. The van der Waals surface area contributed by atoms with E-state index in [2.05, 4.69) is 10.5 Å². The van der Waals surface area contributed by atoms with Crippen LogP contribution in [0, 0.1) is 17.8 Å². The lowest BCUT2D eigenvalue weighted by atomic mass is 10.1. The van der Waals surface area contributed by atoms with Gasteiger partial charge in [0.15, 0.2) is 0 Å². The lowest BCUT2D eigenvalue weighted by Gasteiger charge is -2.01. The summed E-state index contributed by atoms with van der Waals surface area (Å²) in [5.41, 5.74) is 8.24. The van der Waals surface area contributed by atoms with Crippen molar-refractivity contribution in [3.8, 4) is 0 Å². The van der Waals surface area contributed by atoms with Crippen LogP contribution in [0.3, 0.4) is 0 Å². The minimum Gasteiger partial charge on any atom is -0.350 e. The maximum Gasteiger partial charge on any atom is 0.332 e. The topological polar surface area (TPSA) is 67.5 Å². The van der Waals surface area contributed by atoms with Crippen LogP contribution < -0.4 is 11.2 Å². The largest absolute Gasteiger partial charge is 0.350 e. The summed E-state index contributed by atoms with van der Waals surface area (Å²) < 4.78 is 0. The summed E-state index contributed by atoms with van der Waals surface area (Å²) in [6.07, 6.45) is 4.03. The van der Waals surface area contributed by atoms with Crippen molar-refractivity contribution in [1.29, 1.82) is 0 Å². The van der Waals surface area contributed by atoms with Crippen LogP contribution in [0.5, 0.6) is 0 Å². The summed E-state index contributed by atoms with van der Waals surface area (Å²) in [5.74, 6) is 2.32. The van der Waals surface area contributed by atoms with Gasteiger partial charge in [0.1, 0.15) is 0 Å². The third-order valence-corrected chi connectivity index (χ3v) is 3.23. The highest BCUT2D eigenvalue weighted by molar-refractivity contribution is 5.88. The molecule has 2 aliphatic carbocycles. The molecule has 0 aliphatic heterocycles. The minimum absolute atomic E-state index is 0.579. The van der Waals surface area contributed by atoms with Crippen molar-refractivity contribution in [2.24, 2.45) is 28.6 Å². The van der Waals surface area contributed by atoms with Gasteiger partial charge in [0.2, 0.25) is 0 Å². The lowest BCUT2D eigenvalue weighted by Crippen LogP contribution is -2.25. The predicted octanol–water partition coefficient (Wildman–Crippen LogP) is 1.08. The highest BCUT2D eigenvalue weighted by atomic mass is 16.2. The number of hydrazone groups is 1. The highest BCUT2D eigenvalue weighted by Crippen LogP contribution is 2.57. The van der Waals surface area contributed by atoms with Crippen molar-refractivity contribution in [2.45, 2.75) is 26.2 Å². The number of nitrogens with two attached hydrogens (primary N) is 1. The molecule has 0 aromatic heterocycles. The maximum atomic E-state index is 10.4. The van der Waals surface area contributed by atoms with Crippen LogP contribution in [0.1, 0.15) is 26.2 Å². The maximum absolute atomic E-state index is 10.4. The minimum atomic E-state index is -0.579. The van der Waals surface area contributed by atoms with Crippen LogP contribution >= 0.6 is 0 Å². The van der Waals surface area contributed by atoms with Gasteiger partial charge in [-0.15, -0.1) is 0 Å². The van der Waals surface area contributed by atoms with Crippen LogP contribution in [0.25, 0.3) is 0 Å². The van der Waals surface area contributed by atoms with E-state index in [1.807, 2.05) is 6.92 Å². The van der Waals surface area contributed by atoms with E-state index in [9.17, 15) is 4.79 Å². The molecule has 0 bridgehead atoms. The van der Waals surface area contributed by atoms with E-state index < -0.39 is 6.03 Å². The Kier molecular flexibility index (Phi) is 1.98. The van der Waals surface area contributed by atoms with Gasteiger partial charge < -0.3 is 5.73 Å². The Hall–Kier alpha value is -1.06. The molecule has 0 aromatic rings.